The molecule has 4 nitrogen and oxygen atoms in total. The van der Waals surface area contributed by atoms with Crippen LogP contribution < -0.4 is 5.73 Å². The average molecular weight is 181 g/mol. The average Bonchev–Trinajstić information content (AvgIpc) is 2.60. The van der Waals surface area contributed by atoms with E-state index in [1.54, 1.807) is 0 Å². The van der Waals surface area contributed by atoms with E-state index in [9.17, 15) is 0 Å². The minimum atomic E-state index is -0.321. The van der Waals surface area contributed by atoms with Crippen LogP contribution in [0.25, 0.3) is 0 Å². The van der Waals surface area contributed by atoms with Gasteiger partial charge in [-0.15, -0.1) is 0 Å². The molecule has 4 N–H and O–H groups in total. The number of nitrogens with one attached hydrogen (secondary N) is 1. The van der Waals surface area contributed by atoms with E-state index in [4.69, 9.17) is 10.8 Å². The second-order valence-corrected chi connectivity index (χ2v) is 3.56. The smallest absolute Gasteiger partial charge is 0.0847 e. The van der Waals surface area contributed by atoms with Crippen LogP contribution in [0, 0.1) is 0 Å². The van der Waals surface area contributed by atoms with Crippen LogP contribution >= 0.6 is 0 Å². The van der Waals surface area contributed by atoms with E-state index in [0.29, 0.717) is 0 Å². The van der Waals surface area contributed by atoms with Gasteiger partial charge in [-0.1, -0.05) is 0 Å². The van der Waals surface area contributed by atoms with Crippen LogP contribution in [0.4, 0.5) is 0 Å². The molecule has 1 aromatic heterocycles. The molecule has 13 heavy (non-hydrogen) atoms. The predicted octanol–water partition coefficient (Wildman–Crippen LogP) is 0.281. The Morgan fingerprint density at radius 1 is 1.46 bits per heavy atom. The minimum Gasteiger partial charge on any atom is -0.394 e. The Bertz CT molecular complexity index is 295. The van der Waals surface area contributed by atoms with Gasteiger partial charge in [0.15, 0.2) is 0 Å². The highest BCUT2D eigenvalue weighted by atomic mass is 16.3. The fourth-order valence-corrected chi connectivity index (χ4v) is 1.90. The summed E-state index contributed by atoms with van der Waals surface area (Å²) in [6.45, 7) is -0.0305. The van der Waals surface area contributed by atoms with Crippen LogP contribution in [0.3, 0.4) is 0 Å². The summed E-state index contributed by atoms with van der Waals surface area (Å²) < 4.78 is 0. The number of hydrogen-bond donors (Lipinski definition) is 3. The number of fused-ring (bicyclic) bond motifs is 1. The molecular formula is C9H15N3O. The number of rotatable bonds is 2. The number of nitrogens with zero attached hydrogens (tertiary/aromatic N) is 1. The first-order valence-corrected chi connectivity index (χ1v) is 4.75. The zero-order valence-electron chi connectivity index (χ0n) is 7.58. The van der Waals surface area contributed by atoms with Crippen LogP contribution in [0.1, 0.15) is 35.8 Å². The van der Waals surface area contributed by atoms with Gasteiger partial charge in [0.05, 0.1) is 18.3 Å². The second kappa shape index (κ2) is 3.47. The minimum absolute atomic E-state index is 0.0305. The first-order chi connectivity index (χ1) is 6.33. The summed E-state index contributed by atoms with van der Waals surface area (Å²) in [5.74, 6) is 0. The van der Waals surface area contributed by atoms with Crippen molar-refractivity contribution in [1.82, 2.24) is 10.2 Å². The van der Waals surface area contributed by atoms with Crippen molar-refractivity contribution in [2.45, 2.75) is 31.7 Å². The van der Waals surface area contributed by atoms with Gasteiger partial charge < -0.3 is 10.8 Å². The van der Waals surface area contributed by atoms with Gasteiger partial charge in [-0.05, 0) is 31.2 Å². The molecule has 0 saturated heterocycles. The van der Waals surface area contributed by atoms with Gasteiger partial charge in [0, 0.05) is 5.69 Å². The van der Waals surface area contributed by atoms with Crippen LogP contribution in [0.15, 0.2) is 0 Å². The highest BCUT2D eigenvalue weighted by molar-refractivity contribution is 5.29. The molecular weight excluding hydrogens is 166 g/mol. The molecule has 2 rings (SSSR count). The van der Waals surface area contributed by atoms with Crippen molar-refractivity contribution in [2.24, 2.45) is 5.73 Å². The van der Waals surface area contributed by atoms with Crippen molar-refractivity contribution in [2.75, 3.05) is 6.61 Å². The number of aromatic amines is 1. The maximum Gasteiger partial charge on any atom is 0.0847 e. The molecule has 1 aliphatic rings. The summed E-state index contributed by atoms with van der Waals surface area (Å²) in [4.78, 5) is 0. The Balaban J connectivity index is 2.31. The van der Waals surface area contributed by atoms with Gasteiger partial charge >= 0.3 is 0 Å². The lowest BCUT2D eigenvalue weighted by Crippen LogP contribution is -2.17. The predicted molar refractivity (Wildman–Crippen MR) is 49.2 cm³/mol. The van der Waals surface area contributed by atoms with E-state index in [1.807, 2.05) is 0 Å². The largest absolute Gasteiger partial charge is 0.394 e. The molecule has 0 unspecified atom stereocenters. The summed E-state index contributed by atoms with van der Waals surface area (Å²) >= 11 is 0. The Morgan fingerprint density at radius 2 is 2.23 bits per heavy atom. The topological polar surface area (TPSA) is 74.9 Å². The molecule has 4 heteroatoms. The van der Waals surface area contributed by atoms with E-state index in [0.717, 1.165) is 18.5 Å². The third kappa shape index (κ3) is 1.47. The summed E-state index contributed by atoms with van der Waals surface area (Å²) in [5.41, 5.74) is 9.05. The van der Waals surface area contributed by atoms with Crippen LogP contribution in [0.5, 0.6) is 0 Å². The van der Waals surface area contributed by atoms with Gasteiger partial charge in [-0.3, -0.25) is 5.10 Å². The lowest BCUT2D eigenvalue weighted by molar-refractivity contribution is 0.265. The third-order valence-electron chi connectivity index (χ3n) is 2.64. The fourth-order valence-electron chi connectivity index (χ4n) is 1.90. The molecule has 0 amide bonds. The first kappa shape index (κ1) is 8.72. The maximum absolute atomic E-state index is 8.93. The number of aliphatic hydroxyl groups excluding tert-OH is 1. The SMILES string of the molecule is N[C@H](CO)c1n[nH]c2c1CCCC2. The lowest BCUT2D eigenvalue weighted by atomic mass is 9.94. The Kier molecular flexibility index (Phi) is 2.33. The summed E-state index contributed by atoms with van der Waals surface area (Å²) in [6, 6.07) is -0.321. The van der Waals surface area contributed by atoms with E-state index in [1.165, 1.54) is 24.1 Å². The number of aliphatic hydroxyl groups is 1. The standard InChI is InChI=1S/C9H15N3O/c10-7(5-13)9-6-3-1-2-4-8(6)11-12-9/h7,13H,1-5,10H2,(H,11,12)/t7-/m1/s1. The molecule has 1 heterocycles. The number of nitrogens with two attached hydrogens (primary N) is 1. The van der Waals surface area contributed by atoms with Crippen LogP contribution in [-0.4, -0.2) is 21.9 Å². The molecule has 0 aromatic carbocycles. The number of hydrogen-bond acceptors (Lipinski definition) is 3. The first-order valence-electron chi connectivity index (χ1n) is 4.75. The van der Waals surface area contributed by atoms with Gasteiger partial charge in [0.2, 0.25) is 0 Å². The Hall–Kier alpha value is -0.870. The number of aromatic nitrogens is 2. The van der Waals surface area contributed by atoms with Crippen LogP contribution in [-0.2, 0) is 12.8 Å². The summed E-state index contributed by atoms with van der Waals surface area (Å²) in [7, 11) is 0. The molecule has 0 aliphatic heterocycles. The Labute approximate surface area is 77.1 Å². The van der Waals surface area contributed by atoms with Crippen molar-refractivity contribution < 1.29 is 5.11 Å². The quantitative estimate of drug-likeness (QED) is 0.613. The molecule has 0 radical (unpaired) electrons. The highest BCUT2D eigenvalue weighted by Gasteiger charge is 2.20. The molecule has 0 bridgehead atoms. The zero-order valence-corrected chi connectivity index (χ0v) is 7.58. The number of aryl methyl sites for hydroxylation is 1. The second-order valence-electron chi connectivity index (χ2n) is 3.56. The number of H-pyrrole nitrogens is 1. The van der Waals surface area contributed by atoms with Crippen molar-refractivity contribution >= 4 is 0 Å². The van der Waals surface area contributed by atoms with Gasteiger partial charge in [0.25, 0.3) is 0 Å². The normalized spacial score (nSPS) is 18.3. The van der Waals surface area contributed by atoms with Crippen molar-refractivity contribution in [3.63, 3.8) is 0 Å². The fraction of sp³-hybridized carbons (Fsp3) is 0.667. The maximum atomic E-state index is 8.93. The van der Waals surface area contributed by atoms with Crippen molar-refractivity contribution in [3.05, 3.63) is 17.0 Å². The Morgan fingerprint density at radius 3 is 3.00 bits per heavy atom. The highest BCUT2D eigenvalue weighted by Crippen LogP contribution is 2.24. The lowest BCUT2D eigenvalue weighted by Gasteiger charge is -2.13. The zero-order chi connectivity index (χ0) is 9.26. The van der Waals surface area contributed by atoms with Crippen LogP contribution in [0.2, 0.25) is 0 Å². The molecule has 0 spiro atoms. The summed E-state index contributed by atoms with van der Waals surface area (Å²) in [6.07, 6.45) is 4.55. The van der Waals surface area contributed by atoms with Gasteiger partial charge in [-0.2, -0.15) is 5.10 Å². The third-order valence-corrected chi connectivity index (χ3v) is 2.64. The molecule has 72 valence electrons. The molecule has 1 atom stereocenters. The molecule has 0 saturated carbocycles. The summed E-state index contributed by atoms with van der Waals surface area (Å²) in [5, 5.41) is 16.1. The van der Waals surface area contributed by atoms with Crippen molar-refractivity contribution in [1.29, 1.82) is 0 Å². The van der Waals surface area contributed by atoms with E-state index < -0.39 is 0 Å². The monoisotopic (exact) mass is 181 g/mol. The molecule has 0 fully saturated rings. The van der Waals surface area contributed by atoms with E-state index >= 15 is 0 Å². The van der Waals surface area contributed by atoms with Gasteiger partial charge in [0.1, 0.15) is 0 Å². The van der Waals surface area contributed by atoms with Crippen molar-refractivity contribution in [3.8, 4) is 0 Å². The molecule has 1 aliphatic carbocycles. The molecule has 1 aromatic rings. The van der Waals surface area contributed by atoms with Gasteiger partial charge in [-0.25, -0.2) is 0 Å². The van der Waals surface area contributed by atoms with E-state index in [-0.39, 0.29) is 12.6 Å². The van der Waals surface area contributed by atoms with E-state index in [2.05, 4.69) is 10.2 Å².